The van der Waals surface area contributed by atoms with Crippen molar-refractivity contribution in [3.05, 3.63) is 71.8 Å². The van der Waals surface area contributed by atoms with E-state index < -0.39 is 11.6 Å². The molecule has 1 atom stereocenters. The van der Waals surface area contributed by atoms with Crippen LogP contribution in [-0.4, -0.2) is 11.1 Å². The number of carbonyl (C=O) groups excluding carboxylic acids is 1. The van der Waals surface area contributed by atoms with Crippen LogP contribution < -0.4 is 4.74 Å². The van der Waals surface area contributed by atoms with Gasteiger partial charge in [-0.1, -0.05) is 60.1 Å². The van der Waals surface area contributed by atoms with Gasteiger partial charge >= 0.3 is 5.97 Å². The number of fused-ring (bicyclic) bond motifs is 1. The fourth-order valence-electron chi connectivity index (χ4n) is 2.38. The van der Waals surface area contributed by atoms with Crippen LogP contribution in [-0.2, 0) is 10.4 Å². The minimum absolute atomic E-state index is 0.0918. The Morgan fingerprint density at radius 3 is 2.52 bits per heavy atom. The first-order valence-electron chi connectivity index (χ1n) is 6.56. The molecule has 4 heteroatoms. The molecule has 0 fully saturated rings. The number of hydrogen-bond donors (Lipinski definition) is 1. The molecular weight excluding hydrogens is 288 g/mol. The van der Waals surface area contributed by atoms with Crippen molar-refractivity contribution in [3.8, 4) is 5.75 Å². The van der Waals surface area contributed by atoms with E-state index in [1.807, 2.05) is 12.1 Å². The summed E-state index contributed by atoms with van der Waals surface area (Å²) < 4.78 is 5.29. The maximum Gasteiger partial charge on any atom is 0.348 e. The standard InChI is InChI=1S/C17H13ClO3/c18-15-10-11-17(20,14-9-5-4-8-13(14)15)16(19)21-12-6-2-1-3-7-12/h1-10,20H,11H2. The van der Waals surface area contributed by atoms with Gasteiger partial charge in [0.25, 0.3) is 0 Å². The summed E-state index contributed by atoms with van der Waals surface area (Å²) in [6.07, 6.45) is 1.73. The molecule has 106 valence electrons. The fraction of sp³-hybridized carbons (Fsp3) is 0.118. The summed E-state index contributed by atoms with van der Waals surface area (Å²) in [4.78, 5) is 12.4. The monoisotopic (exact) mass is 300 g/mol. The molecule has 0 aliphatic heterocycles. The van der Waals surface area contributed by atoms with Gasteiger partial charge in [0.2, 0.25) is 0 Å². The summed E-state index contributed by atoms with van der Waals surface area (Å²) in [6, 6.07) is 15.7. The van der Waals surface area contributed by atoms with Gasteiger partial charge in [-0.05, 0) is 17.7 Å². The van der Waals surface area contributed by atoms with Gasteiger partial charge in [-0.25, -0.2) is 4.79 Å². The highest BCUT2D eigenvalue weighted by molar-refractivity contribution is 6.49. The van der Waals surface area contributed by atoms with E-state index in [-0.39, 0.29) is 6.42 Å². The van der Waals surface area contributed by atoms with Crippen LogP contribution in [0.3, 0.4) is 0 Å². The first-order valence-corrected chi connectivity index (χ1v) is 6.94. The molecule has 0 aromatic heterocycles. The number of hydrogen-bond acceptors (Lipinski definition) is 3. The quantitative estimate of drug-likeness (QED) is 0.682. The smallest absolute Gasteiger partial charge is 0.348 e. The van der Waals surface area contributed by atoms with Gasteiger partial charge in [0, 0.05) is 17.0 Å². The van der Waals surface area contributed by atoms with Crippen LogP contribution >= 0.6 is 11.6 Å². The first kappa shape index (κ1) is 13.9. The molecule has 1 N–H and O–H groups in total. The van der Waals surface area contributed by atoms with Gasteiger partial charge in [0.05, 0.1) is 0 Å². The molecular formula is C17H13ClO3. The molecule has 3 nitrogen and oxygen atoms in total. The minimum atomic E-state index is -1.72. The zero-order valence-electron chi connectivity index (χ0n) is 11.1. The molecule has 0 saturated carbocycles. The fourth-order valence-corrected chi connectivity index (χ4v) is 2.62. The van der Waals surface area contributed by atoms with E-state index in [0.717, 1.165) is 0 Å². The molecule has 2 aromatic carbocycles. The second-order valence-corrected chi connectivity index (χ2v) is 5.27. The van der Waals surface area contributed by atoms with Crippen LogP contribution in [0.15, 0.2) is 60.7 Å². The summed E-state index contributed by atoms with van der Waals surface area (Å²) in [5.74, 6) is -0.310. The van der Waals surface area contributed by atoms with Crippen LogP contribution in [0.25, 0.3) is 5.03 Å². The Kier molecular flexibility index (Phi) is 3.53. The van der Waals surface area contributed by atoms with E-state index in [9.17, 15) is 9.90 Å². The molecule has 0 radical (unpaired) electrons. The van der Waals surface area contributed by atoms with Crippen molar-refractivity contribution >= 4 is 22.6 Å². The molecule has 0 saturated heterocycles. The molecule has 1 aliphatic rings. The summed E-state index contributed by atoms with van der Waals surface area (Å²) in [5, 5.41) is 11.3. The Balaban J connectivity index is 1.96. The van der Waals surface area contributed by atoms with Crippen LogP contribution in [0, 0.1) is 0 Å². The third-order valence-corrected chi connectivity index (χ3v) is 3.86. The SMILES string of the molecule is O=C(Oc1ccccc1)C1(O)CC=C(Cl)c2ccccc21. The van der Waals surface area contributed by atoms with Crippen molar-refractivity contribution in [1.82, 2.24) is 0 Å². The molecule has 1 aliphatic carbocycles. The Bertz CT molecular complexity index is 709. The maximum atomic E-state index is 12.4. The average molecular weight is 301 g/mol. The summed E-state index contributed by atoms with van der Waals surface area (Å²) in [7, 11) is 0. The Labute approximate surface area is 127 Å². The molecule has 0 bridgehead atoms. The number of benzene rings is 2. The maximum absolute atomic E-state index is 12.4. The second-order valence-electron chi connectivity index (χ2n) is 4.86. The Hall–Kier alpha value is -2.10. The van der Waals surface area contributed by atoms with Gasteiger partial charge in [-0.3, -0.25) is 0 Å². The average Bonchev–Trinajstić information content (AvgIpc) is 2.52. The number of halogens is 1. The second kappa shape index (κ2) is 5.35. The molecule has 21 heavy (non-hydrogen) atoms. The van der Waals surface area contributed by atoms with Gasteiger partial charge in [-0.15, -0.1) is 0 Å². The third-order valence-electron chi connectivity index (χ3n) is 3.50. The lowest BCUT2D eigenvalue weighted by Crippen LogP contribution is -2.40. The van der Waals surface area contributed by atoms with Crippen molar-refractivity contribution < 1.29 is 14.6 Å². The van der Waals surface area contributed by atoms with Crippen LogP contribution in [0.2, 0.25) is 0 Å². The van der Waals surface area contributed by atoms with Gasteiger partial charge in [0.15, 0.2) is 5.60 Å². The summed E-state index contributed by atoms with van der Waals surface area (Å²) in [6.45, 7) is 0. The number of rotatable bonds is 2. The van der Waals surface area contributed by atoms with E-state index in [2.05, 4.69) is 0 Å². The predicted molar refractivity (Wildman–Crippen MR) is 80.9 cm³/mol. The van der Waals surface area contributed by atoms with E-state index in [0.29, 0.717) is 21.9 Å². The van der Waals surface area contributed by atoms with Crippen LogP contribution in [0.5, 0.6) is 5.75 Å². The van der Waals surface area contributed by atoms with Gasteiger partial charge in [0.1, 0.15) is 5.75 Å². The Morgan fingerprint density at radius 1 is 1.10 bits per heavy atom. The van der Waals surface area contributed by atoms with Crippen molar-refractivity contribution in [3.63, 3.8) is 0 Å². The van der Waals surface area contributed by atoms with Crippen LogP contribution in [0.4, 0.5) is 0 Å². The lowest BCUT2D eigenvalue weighted by atomic mass is 9.83. The normalized spacial score (nSPS) is 20.4. The van der Waals surface area contributed by atoms with Crippen molar-refractivity contribution in [1.29, 1.82) is 0 Å². The summed E-state index contributed by atoms with van der Waals surface area (Å²) in [5.41, 5.74) is -0.596. The number of aliphatic hydroxyl groups is 1. The largest absolute Gasteiger partial charge is 0.424 e. The van der Waals surface area contributed by atoms with Gasteiger partial charge in [-0.2, -0.15) is 0 Å². The van der Waals surface area contributed by atoms with Crippen LogP contribution in [0.1, 0.15) is 17.5 Å². The van der Waals surface area contributed by atoms with E-state index in [1.54, 1.807) is 48.5 Å². The molecule has 0 spiro atoms. The number of carbonyl (C=O) groups is 1. The van der Waals surface area contributed by atoms with E-state index in [1.165, 1.54) is 0 Å². The lowest BCUT2D eigenvalue weighted by Gasteiger charge is -2.30. The molecule has 0 heterocycles. The molecule has 3 rings (SSSR count). The van der Waals surface area contributed by atoms with Gasteiger partial charge < -0.3 is 9.84 Å². The number of ether oxygens (including phenoxy) is 1. The number of para-hydroxylation sites is 1. The first-order chi connectivity index (χ1) is 10.1. The predicted octanol–water partition coefficient (Wildman–Crippen LogP) is 3.46. The van der Waals surface area contributed by atoms with Crippen molar-refractivity contribution in [2.75, 3.05) is 0 Å². The highest BCUT2D eigenvalue weighted by atomic mass is 35.5. The highest BCUT2D eigenvalue weighted by Gasteiger charge is 2.43. The number of esters is 1. The van der Waals surface area contributed by atoms with E-state index >= 15 is 0 Å². The van der Waals surface area contributed by atoms with E-state index in [4.69, 9.17) is 16.3 Å². The Morgan fingerprint density at radius 2 is 1.76 bits per heavy atom. The van der Waals surface area contributed by atoms with Crippen molar-refractivity contribution in [2.45, 2.75) is 12.0 Å². The summed E-state index contributed by atoms with van der Waals surface area (Å²) >= 11 is 6.14. The molecule has 2 aromatic rings. The lowest BCUT2D eigenvalue weighted by molar-refractivity contribution is -0.156. The highest BCUT2D eigenvalue weighted by Crippen LogP contribution is 2.39. The third kappa shape index (κ3) is 2.46. The molecule has 1 unspecified atom stereocenters. The minimum Gasteiger partial charge on any atom is -0.424 e. The zero-order chi connectivity index (χ0) is 14.9. The zero-order valence-corrected chi connectivity index (χ0v) is 11.9. The molecule has 0 amide bonds. The topological polar surface area (TPSA) is 46.5 Å². The van der Waals surface area contributed by atoms with Crippen molar-refractivity contribution in [2.24, 2.45) is 0 Å².